The molecule has 3 nitrogen and oxygen atoms in total. The van der Waals surface area contributed by atoms with E-state index >= 15 is 0 Å². The van der Waals surface area contributed by atoms with Crippen LogP contribution in [0.1, 0.15) is 47.1 Å². The number of amides is 1. The van der Waals surface area contributed by atoms with E-state index in [2.05, 4.69) is 20.8 Å². The normalized spacial score (nSPS) is 14.6. The summed E-state index contributed by atoms with van der Waals surface area (Å²) in [5.74, 6) is -0.217. The number of carbonyl (C=O) groups excluding carboxylic acids is 2. The van der Waals surface area contributed by atoms with Gasteiger partial charge in [0.05, 0.1) is 4.91 Å². The number of rotatable bonds is 3. The predicted molar refractivity (Wildman–Crippen MR) is 123 cm³/mol. The van der Waals surface area contributed by atoms with E-state index in [0.29, 0.717) is 16.0 Å². The summed E-state index contributed by atoms with van der Waals surface area (Å²) < 4.78 is 0. The van der Waals surface area contributed by atoms with Gasteiger partial charge in [-0.25, -0.2) is 0 Å². The Hall–Kier alpha value is -3.11. The molecule has 3 aromatic rings. The second-order valence-electron chi connectivity index (χ2n) is 8.26. The minimum Gasteiger partial charge on any atom is -0.288 e. The van der Waals surface area contributed by atoms with Crippen LogP contribution in [0.2, 0.25) is 0 Å². The van der Waals surface area contributed by atoms with Gasteiger partial charge in [0.1, 0.15) is 0 Å². The van der Waals surface area contributed by atoms with Gasteiger partial charge in [-0.15, -0.1) is 0 Å². The molecule has 150 valence electrons. The molecule has 0 bridgehead atoms. The lowest BCUT2D eigenvalue weighted by molar-refractivity contribution is 0.0997. The highest BCUT2D eigenvalue weighted by molar-refractivity contribution is 8.04. The molecular formula is C26H23NO2S. The monoisotopic (exact) mass is 413 g/mol. The first-order chi connectivity index (χ1) is 14.3. The summed E-state index contributed by atoms with van der Waals surface area (Å²) in [5.41, 5.74) is 3.17. The maximum absolute atomic E-state index is 13.4. The highest BCUT2D eigenvalue weighted by Crippen LogP contribution is 2.40. The molecule has 4 rings (SSSR count). The van der Waals surface area contributed by atoms with E-state index in [4.69, 9.17) is 0 Å². The summed E-state index contributed by atoms with van der Waals surface area (Å²) in [6, 6.07) is 24.6. The van der Waals surface area contributed by atoms with Crippen LogP contribution in [0.4, 0.5) is 5.69 Å². The number of anilines is 1. The first-order valence-corrected chi connectivity index (χ1v) is 10.7. The minimum absolute atomic E-state index is 0.0152. The van der Waals surface area contributed by atoms with E-state index in [1.165, 1.54) is 17.3 Å². The summed E-state index contributed by atoms with van der Waals surface area (Å²) in [4.78, 5) is 29.3. The van der Waals surface area contributed by atoms with Crippen LogP contribution < -0.4 is 4.90 Å². The maximum atomic E-state index is 13.4. The van der Waals surface area contributed by atoms with Crippen molar-refractivity contribution < 1.29 is 9.59 Å². The molecule has 0 saturated carbocycles. The third-order valence-electron chi connectivity index (χ3n) is 5.07. The average Bonchev–Trinajstić information content (AvgIpc) is 3.07. The van der Waals surface area contributed by atoms with E-state index in [1.807, 2.05) is 78.9 Å². The molecule has 0 N–H and O–H groups in total. The van der Waals surface area contributed by atoms with E-state index in [1.54, 1.807) is 11.1 Å². The smallest absolute Gasteiger partial charge is 0.262 e. The van der Waals surface area contributed by atoms with E-state index < -0.39 is 0 Å². The largest absolute Gasteiger partial charge is 0.288 e. The van der Waals surface area contributed by atoms with Crippen molar-refractivity contribution in [3.8, 4) is 0 Å². The number of para-hydroxylation sites is 1. The summed E-state index contributed by atoms with van der Waals surface area (Å²) in [6.45, 7) is 6.43. The molecule has 1 aliphatic heterocycles. The number of allylic oxidation sites excluding steroid dienone is 1. The van der Waals surface area contributed by atoms with Gasteiger partial charge >= 0.3 is 0 Å². The molecule has 0 aliphatic carbocycles. The minimum atomic E-state index is -0.168. The van der Waals surface area contributed by atoms with Crippen molar-refractivity contribution in [3.05, 3.63) is 107 Å². The van der Waals surface area contributed by atoms with Crippen molar-refractivity contribution in [2.24, 2.45) is 0 Å². The molecule has 0 atom stereocenters. The molecule has 0 aromatic heterocycles. The zero-order valence-electron chi connectivity index (χ0n) is 17.3. The van der Waals surface area contributed by atoms with Crippen LogP contribution >= 0.6 is 11.8 Å². The lowest BCUT2D eigenvalue weighted by Gasteiger charge is -2.21. The van der Waals surface area contributed by atoms with Crippen molar-refractivity contribution >= 4 is 29.1 Å². The fourth-order valence-corrected chi connectivity index (χ4v) is 4.35. The van der Waals surface area contributed by atoms with Crippen LogP contribution in [0.15, 0.2) is 94.9 Å². The summed E-state index contributed by atoms with van der Waals surface area (Å²) in [6.07, 6.45) is 1.67. The lowest BCUT2D eigenvalue weighted by Crippen LogP contribution is -2.26. The number of hydrogen-bond acceptors (Lipinski definition) is 3. The number of benzene rings is 3. The summed E-state index contributed by atoms with van der Waals surface area (Å²) in [5, 5.41) is 0. The zero-order valence-corrected chi connectivity index (χ0v) is 18.1. The fraction of sp³-hybridized carbons (Fsp3) is 0.154. The molecule has 0 unspecified atom stereocenters. The Labute approximate surface area is 181 Å². The first kappa shape index (κ1) is 20.2. The summed E-state index contributed by atoms with van der Waals surface area (Å²) >= 11 is 1.40. The van der Waals surface area contributed by atoms with Crippen molar-refractivity contribution in [1.82, 2.24) is 0 Å². The Balaban J connectivity index is 1.71. The fourth-order valence-electron chi connectivity index (χ4n) is 3.33. The van der Waals surface area contributed by atoms with Crippen molar-refractivity contribution in [2.75, 3.05) is 4.90 Å². The second kappa shape index (κ2) is 7.96. The molecule has 30 heavy (non-hydrogen) atoms. The quantitative estimate of drug-likeness (QED) is 0.462. The van der Waals surface area contributed by atoms with Crippen LogP contribution in [-0.2, 0) is 5.41 Å². The zero-order chi connectivity index (χ0) is 21.3. The Morgan fingerprint density at radius 2 is 1.50 bits per heavy atom. The third kappa shape index (κ3) is 3.96. The van der Waals surface area contributed by atoms with E-state index in [9.17, 15) is 9.59 Å². The van der Waals surface area contributed by atoms with E-state index in [-0.39, 0.29) is 17.1 Å². The van der Waals surface area contributed by atoms with Crippen molar-refractivity contribution in [2.45, 2.75) is 31.1 Å². The van der Waals surface area contributed by atoms with Gasteiger partial charge in [0.25, 0.3) is 5.91 Å². The molecule has 4 heteroatoms. The van der Waals surface area contributed by atoms with Gasteiger partial charge in [0.2, 0.25) is 5.78 Å². The van der Waals surface area contributed by atoms with Crippen molar-refractivity contribution in [3.63, 3.8) is 0 Å². The van der Waals surface area contributed by atoms with Crippen LogP contribution in [0, 0.1) is 0 Å². The molecular weight excluding hydrogens is 390 g/mol. The third-order valence-corrected chi connectivity index (χ3v) is 6.16. The number of hydrogen-bond donors (Lipinski definition) is 0. The number of fused-ring (bicyclic) bond motifs is 1. The molecule has 1 heterocycles. The van der Waals surface area contributed by atoms with Crippen molar-refractivity contribution in [1.29, 1.82) is 0 Å². The number of carbonyl (C=O) groups is 2. The first-order valence-electron chi connectivity index (χ1n) is 9.87. The molecule has 0 fully saturated rings. The van der Waals surface area contributed by atoms with Gasteiger partial charge in [0, 0.05) is 27.9 Å². The molecule has 0 spiro atoms. The molecule has 3 aromatic carbocycles. The molecule has 1 aliphatic rings. The van der Waals surface area contributed by atoms with Gasteiger partial charge in [-0.1, -0.05) is 75.0 Å². The SMILES string of the molecule is CC(C)(C)c1ccc(C(=O)N(C=C2Sc3ccccc3C2=O)c2ccccc2)cc1. The lowest BCUT2D eigenvalue weighted by atomic mass is 9.86. The number of thioether (sulfide) groups is 1. The van der Waals surface area contributed by atoms with Crippen LogP contribution in [-0.4, -0.2) is 11.7 Å². The van der Waals surface area contributed by atoms with Gasteiger partial charge in [-0.3, -0.25) is 14.5 Å². The Kier molecular flexibility index (Phi) is 5.35. The van der Waals surface area contributed by atoms with Gasteiger partial charge in [0.15, 0.2) is 0 Å². The topological polar surface area (TPSA) is 37.4 Å². The maximum Gasteiger partial charge on any atom is 0.262 e. The molecule has 0 radical (unpaired) electrons. The Morgan fingerprint density at radius 3 is 2.13 bits per heavy atom. The van der Waals surface area contributed by atoms with Crippen LogP contribution in [0.25, 0.3) is 0 Å². The molecule has 0 saturated heterocycles. The highest BCUT2D eigenvalue weighted by atomic mass is 32.2. The Morgan fingerprint density at radius 1 is 0.867 bits per heavy atom. The van der Waals surface area contributed by atoms with E-state index in [0.717, 1.165) is 10.6 Å². The highest BCUT2D eigenvalue weighted by Gasteiger charge is 2.28. The average molecular weight is 414 g/mol. The number of Topliss-reactive ketones (excluding diaryl/α,β-unsaturated/α-hetero) is 1. The molecule has 1 amide bonds. The standard InChI is InChI=1S/C26H23NO2S/c1-26(2,3)19-15-13-18(14-16-19)25(29)27(20-9-5-4-6-10-20)17-23-24(28)21-11-7-8-12-22(21)30-23/h4-17H,1-3H3. The van der Waals surface area contributed by atoms with Crippen LogP contribution in [0.3, 0.4) is 0 Å². The Bertz CT molecular complexity index is 1130. The van der Waals surface area contributed by atoms with Gasteiger partial charge in [-0.2, -0.15) is 0 Å². The van der Waals surface area contributed by atoms with Gasteiger partial charge < -0.3 is 0 Å². The number of nitrogens with zero attached hydrogens (tertiary/aromatic N) is 1. The second-order valence-corrected chi connectivity index (χ2v) is 9.34. The summed E-state index contributed by atoms with van der Waals surface area (Å²) in [7, 11) is 0. The predicted octanol–water partition coefficient (Wildman–Crippen LogP) is 6.46. The van der Waals surface area contributed by atoms with Crippen LogP contribution in [0.5, 0.6) is 0 Å². The number of ketones is 1. The van der Waals surface area contributed by atoms with Gasteiger partial charge in [-0.05, 0) is 47.4 Å².